The van der Waals surface area contributed by atoms with Crippen LogP contribution in [0, 0.1) is 11.3 Å². The highest BCUT2D eigenvalue weighted by Crippen LogP contribution is 2.32. The Kier molecular flexibility index (Phi) is 14.5. The van der Waals surface area contributed by atoms with E-state index in [0.717, 1.165) is 16.7 Å². The molecule has 0 amide bonds. The topological polar surface area (TPSA) is 105 Å². The van der Waals surface area contributed by atoms with Crippen LogP contribution in [0.2, 0.25) is 0 Å². The van der Waals surface area contributed by atoms with E-state index in [1.165, 1.54) is 0 Å². The number of hydrogen-bond donors (Lipinski definition) is 0. The summed E-state index contributed by atoms with van der Waals surface area (Å²) in [6.45, 7) is 1.37. The first-order chi connectivity index (χ1) is 23.7. The molecule has 1 heterocycles. The first-order valence-corrected chi connectivity index (χ1v) is 16.7. The van der Waals surface area contributed by atoms with Crippen LogP contribution in [0.5, 0.6) is 0 Å². The molecule has 4 aromatic carbocycles. The van der Waals surface area contributed by atoms with Gasteiger partial charge < -0.3 is 32.7 Å². The highest BCUT2D eigenvalue weighted by molar-refractivity contribution is 7.26. The van der Waals surface area contributed by atoms with Gasteiger partial charge in [0.1, 0.15) is 24.4 Å². The summed E-state index contributed by atoms with van der Waals surface area (Å²) in [5.41, 5.74) is 3.33. The Hall–Kier alpha value is -3.97. The van der Waals surface area contributed by atoms with Crippen LogP contribution in [-0.2, 0) is 52.6 Å². The zero-order valence-electron chi connectivity index (χ0n) is 26.6. The lowest BCUT2D eigenvalue weighted by Crippen LogP contribution is -2.62. The van der Waals surface area contributed by atoms with E-state index < -0.39 is 36.5 Å². The molecule has 0 aliphatic carbocycles. The number of esters is 1. The minimum absolute atomic E-state index is 0.0877. The van der Waals surface area contributed by atoms with Gasteiger partial charge in [-0.1, -0.05) is 109 Å². The monoisotopic (exact) mass is 669 g/mol. The molecule has 1 fully saturated rings. The summed E-state index contributed by atoms with van der Waals surface area (Å²) in [6.07, 6.45) is -3.46. The largest absolute Gasteiger partial charge is 0.453 e. The molecule has 0 bridgehead atoms. The molecule has 1 saturated heterocycles. The summed E-state index contributed by atoms with van der Waals surface area (Å²) in [5, 5.41) is 8.84. The van der Waals surface area contributed by atoms with Gasteiger partial charge in [0.25, 0.3) is 0 Å². The van der Waals surface area contributed by atoms with Gasteiger partial charge in [-0.3, -0.25) is 0 Å². The molecule has 0 N–H and O–H groups in total. The van der Waals surface area contributed by atoms with Crippen LogP contribution in [0.4, 0.5) is 0 Å². The molecule has 0 radical (unpaired) electrons. The molecule has 4 aromatic rings. The van der Waals surface area contributed by atoms with Crippen molar-refractivity contribution >= 4 is 15.0 Å². The number of benzene rings is 4. The SMILES string of the molecule is N#CCCOPOC[C@@H]1O[C@H](COCc2ccccc2)[C@@H](OCc2ccccc2)[C@H](OC(=O)c2ccccc2)[C@H]1OCc1ccccc1. The van der Waals surface area contributed by atoms with Crippen molar-refractivity contribution in [1.82, 2.24) is 0 Å². The second-order valence-corrected chi connectivity index (χ2v) is 11.9. The highest BCUT2D eigenvalue weighted by Gasteiger charge is 2.50. The molecular weight excluding hydrogens is 629 g/mol. The summed E-state index contributed by atoms with van der Waals surface area (Å²) in [5.74, 6) is -0.505. The fourth-order valence-corrected chi connectivity index (χ4v) is 5.76. The molecule has 1 unspecified atom stereocenters. The average molecular weight is 670 g/mol. The van der Waals surface area contributed by atoms with E-state index in [2.05, 4.69) is 6.07 Å². The first kappa shape index (κ1) is 35.3. The molecular formula is C38H40NO8P. The lowest BCUT2D eigenvalue weighted by atomic mass is 9.94. The number of carbonyl (C=O) groups is 1. The summed E-state index contributed by atoms with van der Waals surface area (Å²) in [4.78, 5) is 13.6. The lowest BCUT2D eigenvalue weighted by molar-refractivity contribution is -0.263. The predicted molar refractivity (Wildman–Crippen MR) is 181 cm³/mol. The third-order valence-electron chi connectivity index (χ3n) is 7.63. The van der Waals surface area contributed by atoms with E-state index in [9.17, 15) is 4.79 Å². The van der Waals surface area contributed by atoms with Crippen molar-refractivity contribution in [2.24, 2.45) is 0 Å². The van der Waals surface area contributed by atoms with Crippen LogP contribution < -0.4 is 0 Å². The molecule has 0 spiro atoms. The molecule has 1 aliphatic rings. The quantitative estimate of drug-likeness (QED) is 0.0641. The fourth-order valence-electron chi connectivity index (χ4n) is 5.26. The minimum Gasteiger partial charge on any atom is -0.453 e. The maximum absolute atomic E-state index is 13.6. The number of carbonyl (C=O) groups excluding carboxylic acids is 1. The number of nitrogens with zero attached hydrogens (tertiary/aromatic N) is 1. The van der Waals surface area contributed by atoms with Crippen molar-refractivity contribution < 1.29 is 37.5 Å². The van der Waals surface area contributed by atoms with Gasteiger partial charge >= 0.3 is 5.97 Å². The Bertz CT molecular complexity index is 1520. The van der Waals surface area contributed by atoms with E-state index in [0.29, 0.717) is 12.2 Å². The Balaban J connectivity index is 1.43. The Morgan fingerprint density at radius 1 is 0.646 bits per heavy atom. The second kappa shape index (κ2) is 19.8. The Labute approximate surface area is 283 Å². The van der Waals surface area contributed by atoms with Crippen molar-refractivity contribution in [3.8, 4) is 6.07 Å². The number of rotatable bonds is 18. The van der Waals surface area contributed by atoms with E-state index >= 15 is 0 Å². The fraction of sp³-hybridized carbons (Fsp3) is 0.316. The van der Waals surface area contributed by atoms with Crippen molar-refractivity contribution in [3.05, 3.63) is 144 Å². The number of ether oxygens (including phenoxy) is 5. The number of hydrogen-bond acceptors (Lipinski definition) is 9. The maximum Gasteiger partial charge on any atom is 0.338 e. The van der Waals surface area contributed by atoms with Crippen molar-refractivity contribution in [3.63, 3.8) is 0 Å². The van der Waals surface area contributed by atoms with E-state index in [4.69, 9.17) is 38.0 Å². The van der Waals surface area contributed by atoms with E-state index in [-0.39, 0.29) is 48.5 Å². The van der Waals surface area contributed by atoms with Crippen LogP contribution in [0.1, 0.15) is 33.5 Å². The van der Waals surface area contributed by atoms with Gasteiger partial charge in [-0.25, -0.2) is 4.79 Å². The Morgan fingerprint density at radius 2 is 1.15 bits per heavy atom. The predicted octanol–water partition coefficient (Wildman–Crippen LogP) is 6.82. The van der Waals surface area contributed by atoms with Gasteiger partial charge in [-0.2, -0.15) is 5.26 Å². The highest BCUT2D eigenvalue weighted by atomic mass is 31.1. The van der Waals surface area contributed by atoms with Gasteiger partial charge in [-0.15, -0.1) is 0 Å². The standard InChI is InChI=1S/C38H40NO8P/c39-22-13-23-44-48-45-28-34-36(43-26-31-18-9-3-10-19-31)37(47-38(40)32-20-11-4-12-21-32)35(42-25-30-16-7-2-8-17-30)33(46-34)27-41-24-29-14-5-1-6-15-29/h1-12,14-21,33-37,48H,13,23-28H2/t33-,34+,35-,36+,37+/m1/s1. The van der Waals surface area contributed by atoms with E-state index in [1.807, 2.05) is 97.1 Å². The van der Waals surface area contributed by atoms with Crippen LogP contribution in [0.3, 0.4) is 0 Å². The molecule has 0 aromatic heterocycles. The molecule has 0 saturated carbocycles. The summed E-state index contributed by atoms with van der Waals surface area (Å²) in [7, 11) is -0.311. The molecule has 5 rings (SSSR count). The van der Waals surface area contributed by atoms with Crippen LogP contribution in [0.15, 0.2) is 121 Å². The van der Waals surface area contributed by atoms with Crippen LogP contribution in [-0.4, -0.2) is 56.3 Å². The van der Waals surface area contributed by atoms with Crippen molar-refractivity contribution in [2.45, 2.75) is 56.8 Å². The van der Waals surface area contributed by atoms with Crippen LogP contribution in [0.25, 0.3) is 0 Å². The van der Waals surface area contributed by atoms with Crippen LogP contribution >= 0.6 is 9.03 Å². The normalized spacial score (nSPS) is 20.8. The third-order valence-corrected chi connectivity index (χ3v) is 8.23. The van der Waals surface area contributed by atoms with E-state index in [1.54, 1.807) is 24.3 Å². The summed E-state index contributed by atoms with van der Waals surface area (Å²) < 4.78 is 43.7. The average Bonchev–Trinajstić information content (AvgIpc) is 3.14. The maximum atomic E-state index is 13.6. The van der Waals surface area contributed by atoms with Crippen molar-refractivity contribution in [2.75, 3.05) is 19.8 Å². The zero-order valence-corrected chi connectivity index (χ0v) is 27.6. The smallest absolute Gasteiger partial charge is 0.338 e. The molecule has 1 aliphatic heterocycles. The molecule has 250 valence electrons. The molecule has 48 heavy (non-hydrogen) atoms. The van der Waals surface area contributed by atoms with Gasteiger partial charge in [0.2, 0.25) is 0 Å². The van der Waals surface area contributed by atoms with Crippen molar-refractivity contribution in [1.29, 1.82) is 5.26 Å². The van der Waals surface area contributed by atoms with Gasteiger partial charge in [-0.05, 0) is 28.8 Å². The lowest BCUT2D eigenvalue weighted by Gasteiger charge is -2.45. The summed E-state index contributed by atoms with van der Waals surface area (Å²) >= 11 is 0. The third kappa shape index (κ3) is 11.0. The zero-order chi connectivity index (χ0) is 33.2. The number of nitriles is 1. The minimum atomic E-state index is -0.888. The molecule has 6 atom stereocenters. The van der Waals surface area contributed by atoms with Gasteiger partial charge in [0, 0.05) is 0 Å². The summed E-state index contributed by atoms with van der Waals surface area (Å²) in [6, 6.07) is 40.3. The Morgan fingerprint density at radius 3 is 1.69 bits per heavy atom. The first-order valence-electron chi connectivity index (χ1n) is 15.9. The van der Waals surface area contributed by atoms with Gasteiger partial charge in [0.15, 0.2) is 15.1 Å². The molecule has 10 heteroatoms. The molecule has 9 nitrogen and oxygen atoms in total. The van der Waals surface area contributed by atoms with Gasteiger partial charge in [0.05, 0.1) is 57.7 Å². The second-order valence-electron chi connectivity index (χ2n) is 11.1.